The predicted molar refractivity (Wildman–Crippen MR) is 224 cm³/mol. The fourth-order valence-electron chi connectivity index (χ4n) is 6.91. The average molecular weight is 787 g/mol. The van der Waals surface area contributed by atoms with E-state index in [9.17, 15) is 18.9 Å². The maximum Gasteiger partial charge on any atom is 0.329 e. The van der Waals surface area contributed by atoms with Crippen LogP contribution in [0, 0.1) is 0 Å². The van der Waals surface area contributed by atoms with E-state index in [4.69, 9.17) is 5.10 Å². The van der Waals surface area contributed by atoms with Crippen molar-refractivity contribution in [2.45, 2.75) is 25.4 Å². The molecule has 2 N–H and O–H groups in total. The number of nitrogens with zero attached hydrogens (tertiary/aromatic N) is 4. The van der Waals surface area contributed by atoms with E-state index >= 15 is 0 Å². The molecular formula is C47H40N4O4P2+2. The van der Waals surface area contributed by atoms with E-state index in [-0.39, 0.29) is 14.6 Å². The summed E-state index contributed by atoms with van der Waals surface area (Å²) in [4.78, 5) is 18.5. The maximum absolute atomic E-state index is 11.3. The molecule has 8 aromatic rings. The van der Waals surface area contributed by atoms with Gasteiger partial charge in [0.05, 0.1) is 29.4 Å². The van der Waals surface area contributed by atoms with Crippen LogP contribution in [-0.4, -0.2) is 19.6 Å². The highest BCUT2D eigenvalue weighted by molar-refractivity contribution is 7.50. The van der Waals surface area contributed by atoms with Crippen molar-refractivity contribution in [3.63, 3.8) is 0 Å². The Morgan fingerprint density at radius 2 is 0.965 bits per heavy atom. The van der Waals surface area contributed by atoms with E-state index in [0.717, 1.165) is 68.1 Å². The maximum atomic E-state index is 11.3. The van der Waals surface area contributed by atoms with Gasteiger partial charge in [-0.1, -0.05) is 115 Å². The summed E-state index contributed by atoms with van der Waals surface area (Å²) in [6, 6.07) is 53.6. The Hall–Kier alpha value is -6.14. The monoisotopic (exact) mass is 786 g/mol. The Morgan fingerprint density at radius 3 is 1.46 bits per heavy atom. The van der Waals surface area contributed by atoms with Gasteiger partial charge in [0.2, 0.25) is 0 Å². The molecule has 0 saturated heterocycles. The molecule has 0 aliphatic heterocycles. The van der Waals surface area contributed by atoms with Crippen LogP contribution in [0.25, 0.3) is 50.5 Å². The van der Waals surface area contributed by atoms with Crippen molar-refractivity contribution in [1.82, 2.24) is 9.78 Å². The minimum atomic E-state index is -4.09. The highest BCUT2D eigenvalue weighted by Gasteiger charge is 2.16. The molecule has 57 heavy (non-hydrogen) atoms. The van der Waals surface area contributed by atoms with Gasteiger partial charge < -0.3 is 9.79 Å². The van der Waals surface area contributed by atoms with Crippen molar-refractivity contribution in [3.05, 3.63) is 205 Å². The molecule has 10 heteroatoms. The lowest BCUT2D eigenvalue weighted by atomic mass is 10.0. The van der Waals surface area contributed by atoms with E-state index in [2.05, 4.69) is 125 Å². The Bertz CT molecular complexity index is 2640. The van der Waals surface area contributed by atoms with Gasteiger partial charge in [-0.3, -0.25) is 9.13 Å². The van der Waals surface area contributed by atoms with Gasteiger partial charge in [0.25, 0.3) is 0 Å². The van der Waals surface area contributed by atoms with Gasteiger partial charge >= 0.3 is 7.60 Å². The van der Waals surface area contributed by atoms with Crippen LogP contribution in [0.1, 0.15) is 22.3 Å². The molecule has 0 spiro atoms. The average Bonchev–Trinajstić information content (AvgIpc) is 3.69. The predicted octanol–water partition coefficient (Wildman–Crippen LogP) is 9.68. The van der Waals surface area contributed by atoms with Gasteiger partial charge in [-0.2, -0.15) is 5.10 Å². The lowest BCUT2D eigenvalue weighted by Crippen LogP contribution is -2.32. The number of pyridine rings is 2. The summed E-state index contributed by atoms with van der Waals surface area (Å²) in [5.41, 5.74) is 13.4. The van der Waals surface area contributed by atoms with Crippen LogP contribution < -0.4 is 9.13 Å². The first kappa shape index (κ1) is 37.8. The summed E-state index contributed by atoms with van der Waals surface area (Å²) >= 11 is 0. The zero-order valence-corrected chi connectivity index (χ0v) is 32.8. The number of benzene rings is 5. The summed E-state index contributed by atoms with van der Waals surface area (Å²) in [6.07, 6.45) is 8.58. The summed E-state index contributed by atoms with van der Waals surface area (Å²) in [6.45, 7) is 1.42. The van der Waals surface area contributed by atoms with Crippen LogP contribution in [-0.2, 0) is 34.5 Å². The summed E-state index contributed by atoms with van der Waals surface area (Å²) < 4.78 is 28.5. The van der Waals surface area contributed by atoms with Crippen LogP contribution in [0.3, 0.4) is 0 Å². The minimum Gasteiger partial charge on any atom is -0.324 e. The second-order valence-electron chi connectivity index (χ2n) is 14.1. The molecule has 3 heterocycles. The number of aromatic nitrogens is 4. The first-order chi connectivity index (χ1) is 27.8. The van der Waals surface area contributed by atoms with Crippen molar-refractivity contribution >= 4 is 16.1 Å². The lowest BCUT2D eigenvalue weighted by Gasteiger charge is -2.08. The molecule has 0 unspecified atom stereocenters. The van der Waals surface area contributed by atoms with Crippen molar-refractivity contribution < 1.29 is 28.1 Å². The first-order valence-corrected chi connectivity index (χ1v) is 21.4. The van der Waals surface area contributed by atoms with Crippen LogP contribution in [0.4, 0.5) is 0 Å². The summed E-state index contributed by atoms with van der Waals surface area (Å²) in [7, 11) is -3.95. The molecule has 0 atom stereocenters. The van der Waals surface area contributed by atoms with E-state index in [0.29, 0.717) is 18.3 Å². The molecule has 0 bridgehead atoms. The smallest absolute Gasteiger partial charge is 0.324 e. The molecule has 3 aromatic heterocycles. The SMILES string of the molecule is O=PCc1ccc(C[n+]2ccc(-c3ccc(-c4cc(-c5ccc(-c6cc[n+](Cc7ccc(CP(=O)(O)O)cc7)cc6)cc5)nn4-c4ccccc4)cc3)cc2)cc1. The molecule has 0 aliphatic rings. The van der Waals surface area contributed by atoms with Crippen molar-refractivity contribution in [2.75, 3.05) is 0 Å². The second kappa shape index (κ2) is 16.9. The fourth-order valence-corrected chi connectivity index (χ4v) is 7.95. The molecule has 0 amide bonds. The third kappa shape index (κ3) is 9.46. The fraction of sp³-hybridized carbons (Fsp3) is 0.0851. The van der Waals surface area contributed by atoms with Crippen LogP contribution in [0.15, 0.2) is 183 Å². The molecule has 0 aliphatic carbocycles. The molecule has 280 valence electrons. The van der Waals surface area contributed by atoms with E-state index in [1.54, 1.807) is 12.1 Å². The minimum absolute atomic E-state index is 0.140. The van der Waals surface area contributed by atoms with Crippen molar-refractivity contribution in [3.8, 4) is 50.5 Å². The topological polar surface area (TPSA) is 100 Å². The molecule has 5 aromatic carbocycles. The number of para-hydroxylation sites is 1. The Kier molecular flexibility index (Phi) is 11.2. The number of hydrogen-bond acceptors (Lipinski definition) is 3. The quantitative estimate of drug-likeness (QED) is 0.0896. The zero-order valence-electron chi connectivity index (χ0n) is 31.0. The number of hydrogen-bond donors (Lipinski definition) is 2. The Balaban J connectivity index is 0.973. The van der Waals surface area contributed by atoms with Gasteiger partial charge in [-0.15, -0.1) is 0 Å². The zero-order chi connectivity index (χ0) is 39.2. The van der Waals surface area contributed by atoms with Gasteiger partial charge in [0.1, 0.15) is 0 Å². The van der Waals surface area contributed by atoms with E-state index in [1.165, 1.54) is 5.56 Å². The van der Waals surface area contributed by atoms with Gasteiger partial charge in [0, 0.05) is 46.5 Å². The third-order valence-electron chi connectivity index (χ3n) is 9.93. The Morgan fingerprint density at radius 1 is 0.526 bits per heavy atom. The van der Waals surface area contributed by atoms with Crippen LogP contribution >= 0.6 is 16.1 Å². The summed E-state index contributed by atoms with van der Waals surface area (Å²) in [5.74, 6) is 0. The molecule has 0 radical (unpaired) electrons. The molecular weight excluding hydrogens is 746 g/mol. The molecule has 0 saturated carbocycles. The van der Waals surface area contributed by atoms with Gasteiger partial charge in [0.15, 0.2) is 46.3 Å². The van der Waals surface area contributed by atoms with E-state index in [1.807, 2.05) is 59.5 Å². The van der Waals surface area contributed by atoms with Gasteiger partial charge in [-0.05, 0) is 51.6 Å². The van der Waals surface area contributed by atoms with Crippen molar-refractivity contribution in [1.29, 1.82) is 0 Å². The largest absolute Gasteiger partial charge is 0.329 e. The number of rotatable bonds is 13. The third-order valence-corrected chi connectivity index (χ3v) is 11.2. The highest BCUT2D eigenvalue weighted by Crippen LogP contribution is 2.39. The first-order valence-electron chi connectivity index (χ1n) is 18.6. The molecule has 0 fully saturated rings. The highest BCUT2D eigenvalue weighted by atomic mass is 31.2. The molecule has 8 nitrogen and oxygen atoms in total. The van der Waals surface area contributed by atoms with Crippen molar-refractivity contribution in [2.24, 2.45) is 0 Å². The normalized spacial score (nSPS) is 11.5. The second-order valence-corrected chi connectivity index (χ2v) is 16.3. The standard InChI is InChI=1S/C47H38N4O4P2/c52-56-33-37-10-6-35(7-11-37)31-49-28-24-42(25-29-49)40-16-20-44(21-17-40)47-30-46(48-51(47)45-4-2-1-3-5-45)43-18-14-39(15-19-43)41-22-26-50(27-23-41)32-36-8-12-38(13-9-36)34-57(53,54)55/h1-30H,31-34H2/p+2. The van der Waals surface area contributed by atoms with Crippen LogP contribution in [0.5, 0.6) is 0 Å². The Labute approximate surface area is 333 Å². The van der Waals surface area contributed by atoms with Crippen LogP contribution in [0.2, 0.25) is 0 Å². The van der Waals surface area contributed by atoms with E-state index < -0.39 is 7.60 Å². The molecule has 8 rings (SSSR count). The van der Waals surface area contributed by atoms with Gasteiger partial charge in [-0.25, -0.2) is 13.8 Å². The summed E-state index contributed by atoms with van der Waals surface area (Å²) in [5, 5.41) is 5.10. The lowest BCUT2D eigenvalue weighted by molar-refractivity contribution is -0.688.